The Morgan fingerprint density at radius 2 is 1.83 bits per heavy atom. The van der Waals surface area contributed by atoms with Crippen LogP contribution >= 0.6 is 0 Å². The van der Waals surface area contributed by atoms with Crippen molar-refractivity contribution in [3.63, 3.8) is 0 Å². The topological polar surface area (TPSA) is 99.1 Å². The largest absolute Gasteiger partial charge is 0.416 e. The molecule has 154 valence electrons. The lowest BCUT2D eigenvalue weighted by Gasteiger charge is -2.14. The summed E-state index contributed by atoms with van der Waals surface area (Å²) in [6.45, 7) is -0.931. The average Bonchev–Trinajstić information content (AvgIpc) is 2.64. The van der Waals surface area contributed by atoms with Crippen LogP contribution in [-0.4, -0.2) is 20.9 Å². The first-order valence-electron chi connectivity index (χ1n) is 7.75. The molecule has 0 bridgehead atoms. The molecule has 2 aromatic rings. The molecule has 1 amide bonds. The minimum absolute atomic E-state index is 0.344. The van der Waals surface area contributed by atoms with Crippen molar-refractivity contribution in [1.82, 2.24) is 10.0 Å². The number of rotatable bonds is 6. The van der Waals surface area contributed by atoms with Gasteiger partial charge in [-0.25, -0.2) is 21.9 Å². The Kier molecular flexibility index (Phi) is 6.55. The summed E-state index contributed by atoms with van der Waals surface area (Å²) in [4.78, 5) is 11.2. The molecule has 0 saturated heterocycles. The Labute approximate surface area is 162 Å². The number of amides is 1. The Balaban J connectivity index is 2.08. The highest BCUT2D eigenvalue weighted by Gasteiger charge is 2.31. The van der Waals surface area contributed by atoms with Gasteiger partial charge in [0.15, 0.2) is 0 Å². The van der Waals surface area contributed by atoms with Crippen LogP contribution in [0.3, 0.4) is 0 Å². The van der Waals surface area contributed by atoms with Crippen molar-refractivity contribution < 1.29 is 35.2 Å². The molecule has 0 aromatic heterocycles. The molecule has 0 aliphatic carbocycles. The van der Waals surface area contributed by atoms with Crippen molar-refractivity contribution in [2.24, 2.45) is 0 Å². The van der Waals surface area contributed by atoms with Gasteiger partial charge in [-0.15, -0.1) is 0 Å². The van der Waals surface area contributed by atoms with Crippen molar-refractivity contribution >= 4 is 15.9 Å². The fourth-order valence-corrected chi connectivity index (χ4v) is 3.24. The molecule has 6 nitrogen and oxygen atoms in total. The summed E-state index contributed by atoms with van der Waals surface area (Å²) in [5.41, 5.74) is -1.54. The van der Waals surface area contributed by atoms with Gasteiger partial charge in [-0.3, -0.25) is 4.79 Å². The number of hydrogen-bond acceptors (Lipinski definition) is 4. The zero-order chi connectivity index (χ0) is 21.8. The van der Waals surface area contributed by atoms with E-state index in [2.05, 4.69) is 0 Å². The fraction of sp³-hybridized carbons (Fsp3) is 0.176. The lowest BCUT2D eigenvalue weighted by atomic mass is 10.1. The predicted molar refractivity (Wildman–Crippen MR) is 89.5 cm³/mol. The summed E-state index contributed by atoms with van der Waals surface area (Å²) >= 11 is 0. The molecule has 29 heavy (non-hydrogen) atoms. The van der Waals surface area contributed by atoms with Crippen LogP contribution in [0.5, 0.6) is 0 Å². The molecule has 1 unspecified atom stereocenters. The lowest BCUT2D eigenvalue weighted by Crippen LogP contribution is -2.38. The molecular weight excluding hydrogens is 421 g/mol. The van der Waals surface area contributed by atoms with Crippen LogP contribution in [0.4, 0.5) is 22.0 Å². The second-order valence-electron chi connectivity index (χ2n) is 5.65. The monoisotopic (exact) mass is 433 g/mol. The van der Waals surface area contributed by atoms with Gasteiger partial charge < -0.3 is 5.32 Å². The summed E-state index contributed by atoms with van der Waals surface area (Å²) in [6, 6.07) is 5.20. The third-order valence-corrected chi connectivity index (χ3v) is 5.00. The number of alkyl halides is 3. The maximum absolute atomic E-state index is 13.7. The van der Waals surface area contributed by atoms with E-state index in [-0.39, 0.29) is 5.56 Å². The quantitative estimate of drug-likeness (QED) is 0.685. The zero-order valence-corrected chi connectivity index (χ0v) is 15.1. The van der Waals surface area contributed by atoms with E-state index in [4.69, 9.17) is 5.26 Å². The molecule has 12 heteroatoms. The number of benzene rings is 2. The van der Waals surface area contributed by atoms with Crippen molar-refractivity contribution in [3.8, 4) is 6.07 Å². The number of nitrogens with zero attached hydrogens (tertiary/aromatic N) is 1. The number of nitriles is 1. The van der Waals surface area contributed by atoms with Crippen molar-refractivity contribution in [2.75, 3.05) is 6.54 Å². The van der Waals surface area contributed by atoms with Crippen molar-refractivity contribution in [1.29, 1.82) is 5.26 Å². The van der Waals surface area contributed by atoms with E-state index in [1.807, 2.05) is 5.32 Å². The molecule has 0 saturated carbocycles. The summed E-state index contributed by atoms with van der Waals surface area (Å²) < 4.78 is 90.8. The van der Waals surface area contributed by atoms with E-state index in [9.17, 15) is 35.2 Å². The summed E-state index contributed by atoms with van der Waals surface area (Å²) in [5.74, 6) is -3.06. The van der Waals surface area contributed by atoms with E-state index in [0.717, 1.165) is 24.3 Å². The van der Waals surface area contributed by atoms with Crippen molar-refractivity contribution in [3.05, 3.63) is 65.2 Å². The van der Waals surface area contributed by atoms with Crippen LogP contribution < -0.4 is 10.0 Å². The first kappa shape index (κ1) is 22.3. The average molecular weight is 433 g/mol. The van der Waals surface area contributed by atoms with E-state index >= 15 is 0 Å². The SMILES string of the molecule is N#CC(NC(=O)CNS(=O)(=O)c1cccc(C(F)(F)F)c1)c1ccc(F)cc1F. The van der Waals surface area contributed by atoms with Gasteiger partial charge in [-0.1, -0.05) is 12.1 Å². The van der Waals surface area contributed by atoms with E-state index in [1.54, 1.807) is 10.8 Å². The van der Waals surface area contributed by atoms with Gasteiger partial charge >= 0.3 is 6.18 Å². The van der Waals surface area contributed by atoms with Gasteiger partial charge in [0, 0.05) is 11.6 Å². The summed E-state index contributed by atoms with van der Waals surface area (Å²) in [7, 11) is -4.48. The van der Waals surface area contributed by atoms with Gasteiger partial charge in [0.2, 0.25) is 15.9 Å². The highest BCUT2D eigenvalue weighted by molar-refractivity contribution is 7.89. The molecule has 2 aromatic carbocycles. The van der Waals surface area contributed by atoms with Crippen LogP contribution in [0.25, 0.3) is 0 Å². The number of hydrogen-bond donors (Lipinski definition) is 2. The number of carbonyl (C=O) groups is 1. The molecule has 0 aliphatic heterocycles. The van der Waals surface area contributed by atoms with Gasteiger partial charge in [-0.05, 0) is 24.3 Å². The van der Waals surface area contributed by atoms with E-state index < -0.39 is 56.8 Å². The smallest absolute Gasteiger partial charge is 0.335 e. The lowest BCUT2D eigenvalue weighted by molar-refractivity contribution is -0.137. The predicted octanol–water partition coefficient (Wildman–Crippen LogP) is 2.64. The molecule has 0 spiro atoms. The number of nitrogens with one attached hydrogen (secondary N) is 2. The Bertz CT molecular complexity index is 1060. The van der Waals surface area contributed by atoms with E-state index in [0.29, 0.717) is 18.2 Å². The molecule has 2 N–H and O–H groups in total. The first-order chi connectivity index (χ1) is 13.4. The number of carbonyl (C=O) groups excluding carboxylic acids is 1. The first-order valence-corrected chi connectivity index (χ1v) is 9.23. The maximum Gasteiger partial charge on any atom is 0.416 e. The van der Waals surface area contributed by atoms with E-state index in [1.165, 1.54) is 0 Å². The van der Waals surface area contributed by atoms with Crippen LogP contribution in [0.2, 0.25) is 0 Å². The van der Waals surface area contributed by atoms with Crippen molar-refractivity contribution in [2.45, 2.75) is 17.1 Å². The third-order valence-electron chi connectivity index (χ3n) is 3.60. The summed E-state index contributed by atoms with van der Waals surface area (Å²) in [5, 5.41) is 11.1. The zero-order valence-electron chi connectivity index (χ0n) is 14.3. The van der Waals surface area contributed by atoms with Gasteiger partial charge in [0.1, 0.15) is 17.7 Å². The third kappa shape index (κ3) is 5.72. The number of halogens is 5. The normalized spacial score (nSPS) is 12.8. The Morgan fingerprint density at radius 3 is 2.41 bits per heavy atom. The fourth-order valence-electron chi connectivity index (χ4n) is 2.21. The second kappa shape index (κ2) is 8.54. The highest BCUT2D eigenvalue weighted by Crippen LogP contribution is 2.30. The second-order valence-corrected chi connectivity index (χ2v) is 7.41. The van der Waals surface area contributed by atoms with Crippen LogP contribution in [0.1, 0.15) is 17.2 Å². The molecule has 0 aliphatic rings. The number of sulfonamides is 1. The van der Waals surface area contributed by atoms with Crippen LogP contribution in [0.15, 0.2) is 47.4 Å². The van der Waals surface area contributed by atoms with Gasteiger partial charge in [-0.2, -0.15) is 18.4 Å². The van der Waals surface area contributed by atoms with Crippen LogP contribution in [0, 0.1) is 23.0 Å². The summed E-state index contributed by atoms with van der Waals surface area (Å²) in [6.07, 6.45) is -4.76. The maximum atomic E-state index is 13.7. The molecule has 0 fully saturated rings. The Hall–Kier alpha value is -3.04. The molecular formula is C17H12F5N3O3S. The van der Waals surface area contributed by atoms with Gasteiger partial charge in [0.05, 0.1) is 23.1 Å². The molecule has 2 rings (SSSR count). The molecule has 1 atom stereocenters. The molecule has 0 radical (unpaired) electrons. The van der Waals surface area contributed by atoms with Crippen LogP contribution in [-0.2, 0) is 21.0 Å². The highest BCUT2D eigenvalue weighted by atomic mass is 32.2. The Morgan fingerprint density at radius 1 is 1.14 bits per heavy atom. The molecule has 0 heterocycles. The van der Waals surface area contributed by atoms with Gasteiger partial charge in [0.25, 0.3) is 0 Å². The standard InChI is InChI=1S/C17H12F5N3O3S/c18-11-4-5-13(14(19)7-11)15(8-23)25-16(26)9-24-29(27,28)12-3-1-2-10(6-12)17(20,21)22/h1-7,15,24H,9H2,(H,25,26). The minimum Gasteiger partial charge on any atom is -0.335 e. The minimum atomic E-state index is -4.76.